The van der Waals surface area contributed by atoms with E-state index in [1.165, 1.54) is 5.56 Å². The molecule has 0 aliphatic carbocycles. The van der Waals surface area contributed by atoms with Crippen LogP contribution in [0.15, 0.2) is 66.7 Å². The lowest BCUT2D eigenvalue weighted by Crippen LogP contribution is -2.18. The summed E-state index contributed by atoms with van der Waals surface area (Å²) in [4.78, 5) is 2.20. The van der Waals surface area contributed by atoms with Gasteiger partial charge >= 0.3 is 0 Å². The van der Waals surface area contributed by atoms with Crippen molar-refractivity contribution in [3.05, 3.63) is 77.9 Å². The molecule has 6 heteroatoms. The van der Waals surface area contributed by atoms with E-state index < -0.39 is 0 Å². The van der Waals surface area contributed by atoms with Crippen LogP contribution in [-0.2, 0) is 13.1 Å². The molecule has 4 aromatic rings. The highest BCUT2D eigenvalue weighted by atomic mass is 16.5. The van der Waals surface area contributed by atoms with Gasteiger partial charge in [-0.1, -0.05) is 18.7 Å². The quantitative estimate of drug-likeness (QED) is 0.354. The lowest BCUT2D eigenvalue weighted by molar-refractivity contribution is 0.313. The monoisotopic (exact) mass is 421 g/mol. The number of nitrogen functional groups attached to an aromatic ring is 1. The number of fused-ring (bicyclic) bond motifs is 2. The number of hydrogen-bond donors (Lipinski definition) is 2. The van der Waals surface area contributed by atoms with Crippen LogP contribution in [-0.4, -0.2) is 28.8 Å². The number of nitriles is 1. The van der Waals surface area contributed by atoms with E-state index in [1.807, 2.05) is 30.3 Å². The standard InChI is InChI=1S/C26H23N5O/c1-16(12-27)13-31-14-22-20(8-9-24(28)23(22)15-31)18-5-10-25-21(11-18)26(30-29-25)17-3-6-19(32-2)7-4-17/h3-11H,1,13-15,28H2,2H3,(H,29,30). The van der Waals surface area contributed by atoms with Crippen LogP contribution >= 0.6 is 0 Å². The number of methoxy groups -OCH3 is 1. The Morgan fingerprint density at radius 3 is 2.62 bits per heavy atom. The Labute approximate surface area is 186 Å². The number of rotatable bonds is 5. The number of nitrogens with one attached hydrogen (secondary N) is 1. The number of aromatic amines is 1. The Balaban J connectivity index is 1.56. The molecule has 6 nitrogen and oxygen atoms in total. The Morgan fingerprint density at radius 1 is 1.12 bits per heavy atom. The molecule has 0 amide bonds. The SMILES string of the molecule is C=C(C#N)CN1Cc2c(N)ccc(-c3ccc4[nH]nc(-c5ccc(OC)cc5)c4c3)c2C1. The molecule has 0 radical (unpaired) electrons. The summed E-state index contributed by atoms with van der Waals surface area (Å²) < 4.78 is 5.28. The highest BCUT2D eigenvalue weighted by Crippen LogP contribution is 2.38. The minimum Gasteiger partial charge on any atom is -0.497 e. The summed E-state index contributed by atoms with van der Waals surface area (Å²) in [5, 5.41) is 17.9. The molecule has 0 spiro atoms. The summed E-state index contributed by atoms with van der Waals surface area (Å²) in [6.07, 6.45) is 0. The first-order valence-corrected chi connectivity index (χ1v) is 10.4. The van der Waals surface area contributed by atoms with Crippen LogP contribution in [0.3, 0.4) is 0 Å². The molecule has 3 N–H and O–H groups in total. The summed E-state index contributed by atoms with van der Waals surface area (Å²) in [6.45, 7) is 5.84. The first-order chi connectivity index (χ1) is 15.6. The normalized spacial score (nSPS) is 13.1. The fourth-order valence-electron chi connectivity index (χ4n) is 4.42. The molecule has 5 rings (SSSR count). The second-order valence-corrected chi connectivity index (χ2v) is 8.08. The lowest BCUT2D eigenvalue weighted by Gasteiger charge is -2.13. The molecule has 3 aromatic carbocycles. The summed E-state index contributed by atoms with van der Waals surface area (Å²) in [5.41, 5.74) is 15.2. The molecule has 32 heavy (non-hydrogen) atoms. The lowest BCUT2D eigenvalue weighted by atomic mass is 9.94. The van der Waals surface area contributed by atoms with Crippen LogP contribution in [0.1, 0.15) is 11.1 Å². The number of nitrogens with zero attached hydrogens (tertiary/aromatic N) is 3. The van der Waals surface area contributed by atoms with E-state index in [9.17, 15) is 0 Å². The van der Waals surface area contributed by atoms with E-state index in [2.05, 4.69) is 52.0 Å². The van der Waals surface area contributed by atoms with Gasteiger partial charge in [0.05, 0.1) is 24.4 Å². The zero-order valence-corrected chi connectivity index (χ0v) is 17.9. The Bertz CT molecular complexity index is 1380. The molecule has 0 saturated heterocycles. The van der Waals surface area contributed by atoms with Crippen molar-refractivity contribution in [1.82, 2.24) is 15.1 Å². The van der Waals surface area contributed by atoms with E-state index in [0.717, 1.165) is 63.4 Å². The van der Waals surface area contributed by atoms with Gasteiger partial charge in [-0.05, 0) is 64.7 Å². The number of hydrogen-bond acceptors (Lipinski definition) is 5. The topological polar surface area (TPSA) is 91.0 Å². The van der Waals surface area contributed by atoms with Gasteiger partial charge in [0.15, 0.2) is 0 Å². The molecule has 1 aliphatic rings. The largest absolute Gasteiger partial charge is 0.497 e. The summed E-state index contributed by atoms with van der Waals surface area (Å²) in [6, 6.07) is 20.5. The van der Waals surface area contributed by atoms with Gasteiger partial charge in [0.25, 0.3) is 0 Å². The maximum atomic E-state index is 9.11. The van der Waals surface area contributed by atoms with Crippen molar-refractivity contribution in [1.29, 1.82) is 5.26 Å². The Morgan fingerprint density at radius 2 is 1.88 bits per heavy atom. The van der Waals surface area contributed by atoms with Crippen LogP contribution < -0.4 is 10.5 Å². The van der Waals surface area contributed by atoms with Gasteiger partial charge in [-0.3, -0.25) is 10.00 Å². The summed E-state index contributed by atoms with van der Waals surface area (Å²) in [7, 11) is 1.66. The molecular weight excluding hydrogens is 398 g/mol. The van der Waals surface area contributed by atoms with Crippen molar-refractivity contribution in [2.45, 2.75) is 13.1 Å². The van der Waals surface area contributed by atoms with Crippen molar-refractivity contribution in [2.24, 2.45) is 0 Å². The predicted molar refractivity (Wildman–Crippen MR) is 127 cm³/mol. The molecular formula is C26H23N5O. The van der Waals surface area contributed by atoms with Gasteiger partial charge < -0.3 is 10.5 Å². The average molecular weight is 422 g/mol. The van der Waals surface area contributed by atoms with E-state index in [4.69, 9.17) is 15.7 Å². The number of ether oxygens (including phenoxy) is 1. The van der Waals surface area contributed by atoms with Crippen LogP contribution in [0.5, 0.6) is 5.75 Å². The maximum Gasteiger partial charge on any atom is 0.118 e. The molecule has 0 bridgehead atoms. The molecule has 2 heterocycles. The van der Waals surface area contributed by atoms with Crippen molar-refractivity contribution >= 4 is 16.6 Å². The second-order valence-electron chi connectivity index (χ2n) is 8.08. The molecule has 0 unspecified atom stereocenters. The van der Waals surface area contributed by atoms with Gasteiger partial charge in [-0.25, -0.2) is 0 Å². The molecule has 158 valence electrons. The van der Waals surface area contributed by atoms with Gasteiger partial charge in [-0.15, -0.1) is 0 Å². The van der Waals surface area contributed by atoms with E-state index >= 15 is 0 Å². The molecule has 1 aromatic heterocycles. The van der Waals surface area contributed by atoms with Gasteiger partial charge in [0, 0.05) is 41.8 Å². The van der Waals surface area contributed by atoms with E-state index in [1.54, 1.807) is 7.11 Å². The Kier molecular flexibility index (Phi) is 4.89. The first-order valence-electron chi connectivity index (χ1n) is 10.4. The molecule has 1 aliphatic heterocycles. The highest BCUT2D eigenvalue weighted by Gasteiger charge is 2.25. The third-order valence-electron chi connectivity index (χ3n) is 6.04. The average Bonchev–Trinajstić information content (AvgIpc) is 3.43. The second kappa shape index (κ2) is 7.88. The van der Waals surface area contributed by atoms with Crippen molar-refractivity contribution < 1.29 is 4.74 Å². The van der Waals surface area contributed by atoms with Gasteiger partial charge in [-0.2, -0.15) is 10.4 Å². The van der Waals surface area contributed by atoms with Crippen molar-refractivity contribution in [3.8, 4) is 34.2 Å². The molecule has 0 fully saturated rings. The third kappa shape index (κ3) is 3.39. The fraction of sp³-hybridized carbons (Fsp3) is 0.154. The predicted octanol–water partition coefficient (Wildman–Crippen LogP) is 4.88. The molecule has 0 atom stereocenters. The summed E-state index contributed by atoms with van der Waals surface area (Å²) in [5.74, 6) is 0.815. The van der Waals surface area contributed by atoms with Crippen LogP contribution in [0.25, 0.3) is 33.3 Å². The zero-order chi connectivity index (χ0) is 22.2. The van der Waals surface area contributed by atoms with Crippen LogP contribution in [0, 0.1) is 11.3 Å². The molecule has 0 saturated carbocycles. The number of H-pyrrole nitrogens is 1. The third-order valence-corrected chi connectivity index (χ3v) is 6.04. The minimum absolute atomic E-state index is 0.548. The van der Waals surface area contributed by atoms with Crippen LogP contribution in [0.2, 0.25) is 0 Å². The first kappa shape index (κ1) is 19.9. The highest BCUT2D eigenvalue weighted by molar-refractivity contribution is 5.96. The van der Waals surface area contributed by atoms with Gasteiger partial charge in [0.1, 0.15) is 5.75 Å². The minimum atomic E-state index is 0.548. The number of anilines is 1. The van der Waals surface area contributed by atoms with Gasteiger partial charge in [0.2, 0.25) is 0 Å². The fourth-order valence-corrected chi connectivity index (χ4v) is 4.42. The Hall–Kier alpha value is -4.08. The van der Waals surface area contributed by atoms with E-state index in [-0.39, 0.29) is 0 Å². The van der Waals surface area contributed by atoms with E-state index in [0.29, 0.717) is 12.1 Å². The zero-order valence-electron chi connectivity index (χ0n) is 17.9. The number of nitrogens with two attached hydrogens (primary N) is 1. The van der Waals surface area contributed by atoms with Crippen molar-refractivity contribution in [2.75, 3.05) is 19.4 Å². The smallest absolute Gasteiger partial charge is 0.118 e. The number of aromatic nitrogens is 2. The van der Waals surface area contributed by atoms with Crippen molar-refractivity contribution in [3.63, 3.8) is 0 Å². The maximum absolute atomic E-state index is 9.11. The van der Waals surface area contributed by atoms with Crippen LogP contribution in [0.4, 0.5) is 5.69 Å². The number of benzene rings is 3. The summed E-state index contributed by atoms with van der Waals surface area (Å²) >= 11 is 0.